The zero-order valence-electron chi connectivity index (χ0n) is 12.4. The fraction of sp³-hybridized carbons (Fsp3) is 0.333. The Morgan fingerprint density at radius 3 is 2.45 bits per heavy atom. The number of carbonyl (C=O) groups excluding carboxylic acids is 1. The van der Waals surface area contributed by atoms with Crippen molar-refractivity contribution in [2.75, 3.05) is 0 Å². The maximum absolute atomic E-state index is 12.3. The average Bonchev–Trinajstić information content (AvgIpc) is 2.91. The predicted octanol–water partition coefficient (Wildman–Crippen LogP) is 2.52. The van der Waals surface area contributed by atoms with Gasteiger partial charge in [-0.25, -0.2) is 0 Å². The van der Waals surface area contributed by atoms with Crippen LogP contribution < -0.4 is 5.73 Å². The Labute approximate surface area is 143 Å². The van der Waals surface area contributed by atoms with Gasteiger partial charge in [-0.3, -0.25) is 9.89 Å². The molecule has 0 spiro atoms. The molecule has 0 saturated carbocycles. The summed E-state index contributed by atoms with van der Waals surface area (Å²) in [6.45, 7) is 2.93. The molecule has 22 heavy (non-hydrogen) atoms. The van der Waals surface area contributed by atoms with Gasteiger partial charge in [-0.1, -0.05) is 30.3 Å². The van der Waals surface area contributed by atoms with Gasteiger partial charge in [0.1, 0.15) is 0 Å². The number of hydrogen-bond acceptors (Lipinski definition) is 3. The lowest BCUT2D eigenvalue weighted by Crippen LogP contribution is -2.34. The van der Waals surface area contributed by atoms with Crippen molar-refractivity contribution < 1.29 is 4.79 Å². The molecule has 7 heteroatoms. The number of aromatic nitrogens is 2. The van der Waals surface area contributed by atoms with E-state index >= 15 is 0 Å². The second kappa shape index (κ2) is 10.2. The Balaban J connectivity index is 0.00000220. The van der Waals surface area contributed by atoms with Crippen LogP contribution in [-0.4, -0.2) is 27.0 Å². The highest BCUT2D eigenvalue weighted by molar-refractivity contribution is 5.85. The van der Waals surface area contributed by atoms with Gasteiger partial charge in [-0.15, -0.1) is 24.8 Å². The summed E-state index contributed by atoms with van der Waals surface area (Å²) in [5.41, 5.74) is 7.75. The quantitative estimate of drug-likeness (QED) is 0.845. The van der Waals surface area contributed by atoms with Gasteiger partial charge in [0.15, 0.2) is 0 Å². The van der Waals surface area contributed by atoms with Crippen LogP contribution in [0.15, 0.2) is 42.6 Å². The van der Waals surface area contributed by atoms with Crippen molar-refractivity contribution in [3.05, 3.63) is 53.9 Å². The van der Waals surface area contributed by atoms with E-state index < -0.39 is 0 Å². The lowest BCUT2D eigenvalue weighted by atomic mass is 10.1. The van der Waals surface area contributed by atoms with Crippen molar-refractivity contribution in [3.63, 3.8) is 0 Å². The number of carbonyl (C=O) groups is 1. The Morgan fingerprint density at radius 2 is 1.91 bits per heavy atom. The molecule has 5 nitrogen and oxygen atoms in total. The van der Waals surface area contributed by atoms with E-state index in [0.717, 1.165) is 11.3 Å². The zero-order chi connectivity index (χ0) is 14.4. The molecule has 2 rings (SSSR count). The van der Waals surface area contributed by atoms with Gasteiger partial charge in [-0.05, 0) is 18.6 Å². The van der Waals surface area contributed by atoms with Crippen molar-refractivity contribution in [1.82, 2.24) is 15.1 Å². The standard InChI is InChI=1S/C15H20N4O.2ClH/c1-12(16)9-15(20)19(11-14-7-8-17-18-14)10-13-5-3-2-4-6-13;;/h2-8,12H,9-11,16H2,1H3,(H,17,18);2*1H. The monoisotopic (exact) mass is 344 g/mol. The Kier molecular flexibility index (Phi) is 9.49. The maximum Gasteiger partial charge on any atom is 0.224 e. The molecular weight excluding hydrogens is 323 g/mol. The number of halogens is 2. The molecule has 2 aromatic rings. The molecule has 1 atom stereocenters. The summed E-state index contributed by atoms with van der Waals surface area (Å²) in [7, 11) is 0. The van der Waals surface area contributed by atoms with Gasteiger partial charge in [-0.2, -0.15) is 5.10 Å². The highest BCUT2D eigenvalue weighted by Gasteiger charge is 2.16. The van der Waals surface area contributed by atoms with E-state index in [1.807, 2.05) is 43.3 Å². The van der Waals surface area contributed by atoms with Gasteiger partial charge < -0.3 is 10.6 Å². The van der Waals surface area contributed by atoms with Crippen LogP contribution in [0.25, 0.3) is 0 Å². The third-order valence-corrected chi connectivity index (χ3v) is 2.99. The van der Waals surface area contributed by atoms with Crippen LogP contribution >= 0.6 is 24.8 Å². The first kappa shape index (κ1) is 20.4. The van der Waals surface area contributed by atoms with Crippen molar-refractivity contribution in [2.24, 2.45) is 5.73 Å². The van der Waals surface area contributed by atoms with E-state index in [1.54, 1.807) is 11.1 Å². The fourth-order valence-electron chi connectivity index (χ4n) is 2.02. The first-order valence-electron chi connectivity index (χ1n) is 6.70. The lowest BCUT2D eigenvalue weighted by molar-refractivity contribution is -0.132. The Hall–Kier alpha value is -1.56. The van der Waals surface area contributed by atoms with Gasteiger partial charge in [0.05, 0.1) is 12.2 Å². The molecule has 0 aliphatic rings. The number of hydrogen-bond donors (Lipinski definition) is 2. The van der Waals surface area contributed by atoms with E-state index in [-0.39, 0.29) is 36.8 Å². The first-order chi connectivity index (χ1) is 9.65. The van der Waals surface area contributed by atoms with Crippen LogP contribution in [0.4, 0.5) is 0 Å². The molecule has 0 aliphatic heterocycles. The van der Waals surface area contributed by atoms with Crippen LogP contribution in [0, 0.1) is 0 Å². The Morgan fingerprint density at radius 1 is 1.23 bits per heavy atom. The molecule has 0 saturated heterocycles. The largest absolute Gasteiger partial charge is 0.332 e. The highest BCUT2D eigenvalue weighted by Crippen LogP contribution is 2.10. The third kappa shape index (κ3) is 6.47. The van der Waals surface area contributed by atoms with Crippen LogP contribution in [0.1, 0.15) is 24.6 Å². The minimum atomic E-state index is -0.137. The van der Waals surface area contributed by atoms with Crippen LogP contribution in [0.5, 0.6) is 0 Å². The predicted molar refractivity (Wildman–Crippen MR) is 92.0 cm³/mol. The van der Waals surface area contributed by atoms with E-state index in [9.17, 15) is 4.79 Å². The van der Waals surface area contributed by atoms with Gasteiger partial charge in [0.2, 0.25) is 5.91 Å². The number of rotatable bonds is 6. The molecule has 1 amide bonds. The first-order valence-corrected chi connectivity index (χ1v) is 6.70. The minimum absolute atomic E-state index is 0. The van der Waals surface area contributed by atoms with Gasteiger partial charge >= 0.3 is 0 Å². The topological polar surface area (TPSA) is 75.0 Å². The van der Waals surface area contributed by atoms with Crippen molar-refractivity contribution in [1.29, 1.82) is 0 Å². The van der Waals surface area contributed by atoms with Crippen molar-refractivity contribution >= 4 is 30.7 Å². The maximum atomic E-state index is 12.3. The van der Waals surface area contributed by atoms with Crippen molar-refractivity contribution in [3.8, 4) is 0 Å². The second-order valence-corrected chi connectivity index (χ2v) is 5.00. The second-order valence-electron chi connectivity index (χ2n) is 5.00. The van der Waals surface area contributed by atoms with Gasteiger partial charge in [0, 0.05) is 25.2 Å². The summed E-state index contributed by atoms with van der Waals surface area (Å²) < 4.78 is 0. The molecule has 0 aliphatic carbocycles. The summed E-state index contributed by atoms with van der Waals surface area (Å²) in [5, 5.41) is 6.80. The van der Waals surface area contributed by atoms with Crippen LogP contribution in [-0.2, 0) is 17.9 Å². The number of nitrogens with zero attached hydrogens (tertiary/aromatic N) is 2. The number of nitrogens with one attached hydrogen (secondary N) is 1. The molecular formula is C15H22Cl2N4O. The fourth-order valence-corrected chi connectivity index (χ4v) is 2.02. The highest BCUT2D eigenvalue weighted by atomic mass is 35.5. The lowest BCUT2D eigenvalue weighted by Gasteiger charge is -2.23. The molecule has 122 valence electrons. The summed E-state index contributed by atoms with van der Waals surface area (Å²) >= 11 is 0. The summed E-state index contributed by atoms with van der Waals surface area (Å²) in [6, 6.07) is 11.7. The van der Waals surface area contributed by atoms with Crippen molar-refractivity contribution in [2.45, 2.75) is 32.5 Å². The van der Waals surface area contributed by atoms with E-state index in [0.29, 0.717) is 19.5 Å². The summed E-state index contributed by atoms with van der Waals surface area (Å²) in [5.74, 6) is 0.0541. The van der Waals surface area contributed by atoms with Crippen LogP contribution in [0.2, 0.25) is 0 Å². The molecule has 0 radical (unpaired) electrons. The molecule has 3 N–H and O–H groups in total. The zero-order valence-corrected chi connectivity index (χ0v) is 14.1. The molecule has 1 unspecified atom stereocenters. The molecule has 0 fully saturated rings. The summed E-state index contributed by atoms with van der Waals surface area (Å²) in [4.78, 5) is 14.1. The van der Waals surface area contributed by atoms with E-state index in [2.05, 4.69) is 10.2 Å². The van der Waals surface area contributed by atoms with Gasteiger partial charge in [0.25, 0.3) is 0 Å². The number of amides is 1. The molecule has 1 heterocycles. The number of aromatic amines is 1. The van der Waals surface area contributed by atoms with Crippen LogP contribution in [0.3, 0.4) is 0 Å². The van der Waals surface area contributed by atoms with E-state index in [4.69, 9.17) is 5.73 Å². The number of benzene rings is 1. The summed E-state index contributed by atoms with van der Waals surface area (Å²) in [6.07, 6.45) is 2.03. The smallest absolute Gasteiger partial charge is 0.224 e. The van der Waals surface area contributed by atoms with E-state index in [1.165, 1.54) is 0 Å². The molecule has 1 aromatic heterocycles. The Bertz CT molecular complexity index is 532. The third-order valence-electron chi connectivity index (χ3n) is 2.99. The number of H-pyrrole nitrogens is 1. The average molecular weight is 345 g/mol. The normalized spacial score (nSPS) is 11.0. The molecule has 0 bridgehead atoms. The number of nitrogens with two attached hydrogens (primary N) is 1. The minimum Gasteiger partial charge on any atom is -0.332 e. The SMILES string of the molecule is CC(N)CC(=O)N(Cc1ccccc1)Cc1ccn[nH]1.Cl.Cl. The molecule has 1 aromatic carbocycles.